The molecule has 130 valence electrons. The van der Waals surface area contributed by atoms with E-state index in [0.29, 0.717) is 5.69 Å². The van der Waals surface area contributed by atoms with E-state index >= 15 is 0 Å². The van der Waals surface area contributed by atoms with Crippen LogP contribution in [0, 0.1) is 0 Å². The van der Waals surface area contributed by atoms with E-state index in [-0.39, 0.29) is 11.1 Å². The molecule has 25 heavy (non-hydrogen) atoms. The normalized spacial score (nSPS) is 19.2. The summed E-state index contributed by atoms with van der Waals surface area (Å²) in [4.78, 5) is 17.0. The van der Waals surface area contributed by atoms with Gasteiger partial charge in [0.1, 0.15) is 5.75 Å². The van der Waals surface area contributed by atoms with Crippen molar-refractivity contribution in [2.24, 2.45) is 4.99 Å². The zero-order chi connectivity index (χ0) is 17.8. The minimum atomic E-state index is -0.756. The van der Waals surface area contributed by atoms with Gasteiger partial charge in [-0.3, -0.25) is 15.5 Å². The van der Waals surface area contributed by atoms with Crippen LogP contribution in [-0.2, 0) is 9.53 Å². The summed E-state index contributed by atoms with van der Waals surface area (Å²) in [5, 5.41) is 9.29. The van der Waals surface area contributed by atoms with Gasteiger partial charge in [-0.25, -0.2) is 4.99 Å². The van der Waals surface area contributed by atoms with Crippen LogP contribution in [0.3, 0.4) is 0 Å². The summed E-state index contributed by atoms with van der Waals surface area (Å²) in [5.74, 6) is 0.479. The van der Waals surface area contributed by atoms with E-state index in [0.717, 1.165) is 16.2 Å². The zero-order valence-electron chi connectivity index (χ0n) is 13.8. The Bertz CT molecular complexity index is 792. The van der Waals surface area contributed by atoms with Gasteiger partial charge in [0.2, 0.25) is 0 Å². The molecule has 0 fully saturated rings. The van der Waals surface area contributed by atoms with Gasteiger partial charge in [-0.15, -0.1) is 11.8 Å². The lowest BCUT2D eigenvalue weighted by Crippen LogP contribution is -2.38. The average Bonchev–Trinajstić information content (AvgIpc) is 2.78. The van der Waals surface area contributed by atoms with E-state index in [1.165, 1.54) is 18.7 Å². The van der Waals surface area contributed by atoms with Crippen LogP contribution >= 0.6 is 11.8 Å². The number of para-hydroxylation sites is 1. The lowest BCUT2D eigenvalue weighted by molar-refractivity contribution is -0.143. The molecule has 2 unspecified atom stereocenters. The molecule has 2 N–H and O–H groups in total. The molecule has 0 bridgehead atoms. The van der Waals surface area contributed by atoms with Crippen molar-refractivity contribution in [2.45, 2.75) is 23.2 Å². The predicted molar refractivity (Wildman–Crippen MR) is 95.6 cm³/mol. The zero-order valence-corrected chi connectivity index (χ0v) is 14.6. The number of esters is 1. The first kappa shape index (κ1) is 17.3. The number of hydroxylamine groups is 1. The quantitative estimate of drug-likeness (QED) is 0.646. The Balaban J connectivity index is 2.08. The smallest absolute Gasteiger partial charge is 0.303 e. The molecule has 0 aromatic heterocycles. The number of nitrogens with zero attached hydrogens (tertiary/aromatic N) is 1. The molecule has 0 aliphatic carbocycles. The maximum atomic E-state index is 11.6. The molecule has 1 aliphatic rings. The van der Waals surface area contributed by atoms with E-state index in [1.54, 1.807) is 7.11 Å². The van der Waals surface area contributed by atoms with Crippen LogP contribution in [0.5, 0.6) is 5.75 Å². The summed E-state index contributed by atoms with van der Waals surface area (Å²) in [6.07, 6.45) is -0.756. The fourth-order valence-electron chi connectivity index (χ4n) is 2.61. The number of fused-ring (bicyclic) bond motifs is 1. The maximum absolute atomic E-state index is 11.6. The number of amidine groups is 1. The van der Waals surface area contributed by atoms with Crippen molar-refractivity contribution in [1.82, 2.24) is 5.48 Å². The number of methoxy groups -OCH3 is 1. The molecule has 2 atom stereocenters. The third-order valence-electron chi connectivity index (χ3n) is 3.76. The van der Waals surface area contributed by atoms with Crippen LogP contribution in [0.25, 0.3) is 0 Å². The largest absolute Gasteiger partial charge is 0.497 e. The second-order valence-corrected chi connectivity index (χ2v) is 6.60. The first-order valence-corrected chi connectivity index (χ1v) is 8.56. The van der Waals surface area contributed by atoms with Crippen LogP contribution in [0.2, 0.25) is 0 Å². The molecule has 1 aliphatic heterocycles. The second-order valence-electron chi connectivity index (χ2n) is 5.42. The van der Waals surface area contributed by atoms with Crippen molar-refractivity contribution in [3.05, 3.63) is 54.1 Å². The molecular formula is C18H18N2O4S. The Morgan fingerprint density at radius 3 is 2.56 bits per heavy atom. The van der Waals surface area contributed by atoms with Gasteiger partial charge in [0.15, 0.2) is 11.9 Å². The minimum Gasteiger partial charge on any atom is -0.497 e. The van der Waals surface area contributed by atoms with Crippen molar-refractivity contribution >= 4 is 29.3 Å². The van der Waals surface area contributed by atoms with Crippen molar-refractivity contribution in [3.63, 3.8) is 0 Å². The molecular weight excluding hydrogens is 340 g/mol. The standard InChI is InChI=1S/C18H18N2O4S/c1-11(21)24-16-17(12-7-9-13(23-2)10-8-12)25-15-6-4-3-5-14(15)19-18(16)20-22/h3-10,16-17,22H,1-2H3,(H,19,20). The topological polar surface area (TPSA) is 80.2 Å². The Hall–Kier alpha value is -2.51. The molecule has 2 aromatic rings. The van der Waals surface area contributed by atoms with Gasteiger partial charge in [-0.05, 0) is 29.8 Å². The Morgan fingerprint density at radius 1 is 1.20 bits per heavy atom. The van der Waals surface area contributed by atoms with Crippen LogP contribution in [0.15, 0.2) is 58.4 Å². The third-order valence-corrected chi connectivity index (χ3v) is 5.13. The fraction of sp³-hybridized carbons (Fsp3) is 0.222. The fourth-order valence-corrected chi connectivity index (χ4v) is 3.87. The number of benzene rings is 2. The van der Waals surface area contributed by atoms with Crippen molar-refractivity contribution < 1.29 is 19.5 Å². The maximum Gasteiger partial charge on any atom is 0.303 e. The van der Waals surface area contributed by atoms with Crippen molar-refractivity contribution in [3.8, 4) is 5.75 Å². The number of nitrogens with one attached hydrogen (secondary N) is 1. The predicted octanol–water partition coefficient (Wildman–Crippen LogP) is 3.48. The first-order chi connectivity index (χ1) is 12.1. The highest BCUT2D eigenvalue weighted by atomic mass is 32.2. The second kappa shape index (κ2) is 7.58. The van der Waals surface area contributed by atoms with Crippen LogP contribution in [0.1, 0.15) is 17.7 Å². The van der Waals surface area contributed by atoms with E-state index < -0.39 is 12.1 Å². The number of carbonyl (C=O) groups is 1. The van der Waals surface area contributed by atoms with Crippen molar-refractivity contribution in [1.29, 1.82) is 0 Å². The molecule has 2 aromatic carbocycles. The molecule has 0 amide bonds. The monoisotopic (exact) mass is 358 g/mol. The highest BCUT2D eigenvalue weighted by molar-refractivity contribution is 7.99. The van der Waals surface area contributed by atoms with E-state index in [1.807, 2.05) is 48.5 Å². The summed E-state index contributed by atoms with van der Waals surface area (Å²) in [5.41, 5.74) is 3.73. The molecule has 0 radical (unpaired) electrons. The van der Waals surface area contributed by atoms with Gasteiger partial charge in [-0.2, -0.15) is 0 Å². The van der Waals surface area contributed by atoms with Crippen LogP contribution in [0.4, 0.5) is 5.69 Å². The van der Waals surface area contributed by atoms with E-state index in [2.05, 4.69) is 10.5 Å². The molecule has 7 heteroatoms. The SMILES string of the molecule is COc1ccc(C2Sc3ccccc3N=C(NO)C2OC(C)=O)cc1. The van der Waals surface area contributed by atoms with E-state index in [9.17, 15) is 10.0 Å². The highest BCUT2D eigenvalue weighted by Gasteiger charge is 2.34. The number of aliphatic imine (C=N–C) groups is 1. The minimum absolute atomic E-state index is 0.188. The molecule has 0 saturated carbocycles. The summed E-state index contributed by atoms with van der Waals surface area (Å²) in [6, 6.07) is 15.1. The summed E-state index contributed by atoms with van der Waals surface area (Å²) in [6.45, 7) is 1.34. The van der Waals surface area contributed by atoms with Crippen LogP contribution < -0.4 is 10.2 Å². The lowest BCUT2D eigenvalue weighted by atomic mass is 10.1. The Labute approximate surface area is 149 Å². The Morgan fingerprint density at radius 2 is 1.92 bits per heavy atom. The molecule has 0 saturated heterocycles. The van der Waals surface area contributed by atoms with Gasteiger partial charge in [0.25, 0.3) is 0 Å². The first-order valence-electron chi connectivity index (χ1n) is 7.68. The lowest BCUT2D eigenvalue weighted by Gasteiger charge is -2.25. The van der Waals surface area contributed by atoms with Gasteiger partial charge < -0.3 is 9.47 Å². The number of ether oxygens (including phenoxy) is 2. The number of carbonyl (C=O) groups excluding carboxylic acids is 1. The number of hydrogen-bond acceptors (Lipinski definition) is 7. The van der Waals surface area contributed by atoms with Crippen molar-refractivity contribution in [2.75, 3.05) is 7.11 Å². The molecule has 6 nitrogen and oxygen atoms in total. The number of hydrogen-bond donors (Lipinski definition) is 2. The third kappa shape index (κ3) is 3.78. The van der Waals surface area contributed by atoms with Gasteiger partial charge in [-0.1, -0.05) is 24.3 Å². The molecule has 0 spiro atoms. The molecule has 1 heterocycles. The highest BCUT2D eigenvalue weighted by Crippen LogP contribution is 2.45. The number of thioether (sulfide) groups is 1. The summed E-state index contributed by atoms with van der Waals surface area (Å²) >= 11 is 1.53. The molecule has 3 rings (SSSR count). The van der Waals surface area contributed by atoms with Gasteiger partial charge >= 0.3 is 5.97 Å². The Kier molecular flexibility index (Phi) is 5.25. The summed E-state index contributed by atoms with van der Waals surface area (Å²) in [7, 11) is 1.60. The van der Waals surface area contributed by atoms with E-state index in [4.69, 9.17) is 9.47 Å². The average molecular weight is 358 g/mol. The number of rotatable bonds is 3. The van der Waals surface area contributed by atoms with Crippen LogP contribution in [-0.4, -0.2) is 30.2 Å². The summed E-state index contributed by atoms with van der Waals surface area (Å²) < 4.78 is 10.7. The van der Waals surface area contributed by atoms with Gasteiger partial charge in [0, 0.05) is 11.8 Å². The van der Waals surface area contributed by atoms with Gasteiger partial charge in [0.05, 0.1) is 18.0 Å².